The number of hydrogen-bond donors (Lipinski definition) is 1. The number of nitrogens with one attached hydrogen (secondary N) is 1. The van der Waals surface area contributed by atoms with E-state index in [2.05, 4.69) is 26.2 Å². The summed E-state index contributed by atoms with van der Waals surface area (Å²) in [5.41, 5.74) is 2.05. The van der Waals surface area contributed by atoms with Gasteiger partial charge in [0, 0.05) is 15.7 Å². The van der Waals surface area contributed by atoms with Crippen LogP contribution in [0.1, 0.15) is 17.3 Å². The maximum Gasteiger partial charge on any atom is 0.0761 e. The van der Waals surface area contributed by atoms with Gasteiger partial charge in [0.1, 0.15) is 0 Å². The van der Waals surface area contributed by atoms with Crippen LogP contribution in [-0.2, 0) is 0 Å². The lowest BCUT2D eigenvalue weighted by atomic mass is 10.0. The van der Waals surface area contributed by atoms with Crippen LogP contribution in [0.25, 0.3) is 0 Å². The molecule has 0 amide bonds. The highest BCUT2D eigenvalue weighted by Crippen LogP contribution is 2.27. The number of halogens is 2. The van der Waals surface area contributed by atoms with E-state index in [1.807, 2.05) is 43.4 Å². The minimum atomic E-state index is 0.0317. The zero-order valence-corrected chi connectivity index (χ0v) is 11.7. The Morgan fingerprint density at radius 3 is 2.76 bits per heavy atom. The first-order chi connectivity index (χ1) is 8.22. The molecule has 2 rings (SSSR count). The molecule has 0 saturated heterocycles. The third kappa shape index (κ3) is 2.86. The van der Waals surface area contributed by atoms with Crippen LogP contribution in [0.2, 0.25) is 5.02 Å². The van der Waals surface area contributed by atoms with Gasteiger partial charge < -0.3 is 5.32 Å². The van der Waals surface area contributed by atoms with Gasteiger partial charge in [-0.25, -0.2) is 0 Å². The summed E-state index contributed by atoms with van der Waals surface area (Å²) in [7, 11) is 1.91. The van der Waals surface area contributed by atoms with E-state index in [1.165, 1.54) is 0 Å². The smallest absolute Gasteiger partial charge is 0.0761 e. The Labute approximate surface area is 114 Å². The van der Waals surface area contributed by atoms with Crippen LogP contribution in [0.3, 0.4) is 0 Å². The third-order valence-corrected chi connectivity index (χ3v) is 3.44. The number of pyridine rings is 1. The van der Waals surface area contributed by atoms with E-state index in [9.17, 15) is 0 Å². The lowest BCUT2D eigenvalue weighted by molar-refractivity contribution is 0.667. The predicted molar refractivity (Wildman–Crippen MR) is 74.3 cm³/mol. The molecule has 0 aliphatic carbocycles. The first kappa shape index (κ1) is 12.6. The quantitative estimate of drug-likeness (QED) is 0.932. The minimum absolute atomic E-state index is 0.0317. The molecule has 1 aromatic carbocycles. The zero-order chi connectivity index (χ0) is 12.3. The maximum atomic E-state index is 6.01. The van der Waals surface area contributed by atoms with Crippen LogP contribution in [0, 0.1) is 0 Å². The molecule has 4 heteroatoms. The molecule has 88 valence electrons. The van der Waals surface area contributed by atoms with Crippen molar-refractivity contribution in [2.24, 2.45) is 0 Å². The van der Waals surface area contributed by atoms with E-state index in [1.54, 1.807) is 6.20 Å². The van der Waals surface area contributed by atoms with Crippen molar-refractivity contribution >= 4 is 27.5 Å². The Balaban J connectivity index is 2.44. The van der Waals surface area contributed by atoms with Crippen LogP contribution in [-0.4, -0.2) is 12.0 Å². The predicted octanol–water partition coefficient (Wildman–Crippen LogP) is 3.81. The van der Waals surface area contributed by atoms with Gasteiger partial charge >= 0.3 is 0 Å². The summed E-state index contributed by atoms with van der Waals surface area (Å²) in [6.45, 7) is 0. The molecule has 2 aromatic rings. The number of aromatic nitrogens is 1. The molecule has 0 radical (unpaired) electrons. The minimum Gasteiger partial charge on any atom is -0.308 e. The average molecular weight is 312 g/mol. The van der Waals surface area contributed by atoms with Crippen molar-refractivity contribution in [3.05, 3.63) is 63.3 Å². The molecule has 1 N–H and O–H groups in total. The monoisotopic (exact) mass is 310 g/mol. The molecular weight excluding hydrogens is 300 g/mol. The van der Waals surface area contributed by atoms with E-state index in [0.717, 1.165) is 20.8 Å². The SMILES string of the molecule is CNC(c1cccc(Cl)c1)c1ncccc1Br. The average Bonchev–Trinajstić information content (AvgIpc) is 2.33. The molecule has 1 aromatic heterocycles. The molecule has 17 heavy (non-hydrogen) atoms. The molecule has 0 aliphatic rings. The highest BCUT2D eigenvalue weighted by molar-refractivity contribution is 9.10. The summed E-state index contributed by atoms with van der Waals surface area (Å²) in [4.78, 5) is 4.40. The molecule has 0 spiro atoms. The van der Waals surface area contributed by atoms with E-state index < -0.39 is 0 Å². The highest BCUT2D eigenvalue weighted by atomic mass is 79.9. The number of nitrogens with zero attached hydrogens (tertiary/aromatic N) is 1. The number of rotatable bonds is 3. The standard InChI is InChI=1S/C13H12BrClN2/c1-16-12(9-4-2-5-10(15)8-9)13-11(14)6-3-7-17-13/h2-8,12,16H,1H3. The maximum absolute atomic E-state index is 6.01. The van der Waals surface area contributed by atoms with Crippen molar-refractivity contribution in [2.45, 2.75) is 6.04 Å². The number of hydrogen-bond acceptors (Lipinski definition) is 2. The largest absolute Gasteiger partial charge is 0.308 e. The first-order valence-corrected chi connectivity index (χ1v) is 6.42. The summed E-state index contributed by atoms with van der Waals surface area (Å²) >= 11 is 9.53. The van der Waals surface area contributed by atoms with Gasteiger partial charge in [0.05, 0.1) is 11.7 Å². The van der Waals surface area contributed by atoms with Crippen molar-refractivity contribution in [3.8, 4) is 0 Å². The van der Waals surface area contributed by atoms with Crippen LogP contribution in [0.4, 0.5) is 0 Å². The van der Waals surface area contributed by atoms with Crippen LogP contribution in [0.5, 0.6) is 0 Å². The van der Waals surface area contributed by atoms with Crippen molar-refractivity contribution in [1.29, 1.82) is 0 Å². The van der Waals surface area contributed by atoms with Gasteiger partial charge in [-0.3, -0.25) is 4.98 Å². The number of benzene rings is 1. The van der Waals surface area contributed by atoms with E-state index in [0.29, 0.717) is 0 Å². The summed E-state index contributed by atoms with van der Waals surface area (Å²) < 4.78 is 0.985. The second-order valence-electron chi connectivity index (χ2n) is 3.65. The lowest BCUT2D eigenvalue weighted by Gasteiger charge is -2.17. The summed E-state index contributed by atoms with van der Waals surface area (Å²) in [5.74, 6) is 0. The fourth-order valence-electron chi connectivity index (χ4n) is 1.76. The summed E-state index contributed by atoms with van der Waals surface area (Å²) in [5, 5.41) is 3.98. The molecular formula is C13H12BrClN2. The van der Waals surface area contributed by atoms with Gasteiger partial charge in [-0.1, -0.05) is 23.7 Å². The van der Waals surface area contributed by atoms with E-state index in [4.69, 9.17) is 11.6 Å². The molecule has 0 bridgehead atoms. The van der Waals surface area contributed by atoms with Crippen molar-refractivity contribution in [1.82, 2.24) is 10.3 Å². The van der Waals surface area contributed by atoms with Gasteiger partial charge in [0.15, 0.2) is 0 Å². The van der Waals surface area contributed by atoms with Crippen LogP contribution in [0.15, 0.2) is 47.1 Å². The molecule has 1 heterocycles. The Morgan fingerprint density at radius 2 is 2.12 bits per heavy atom. The molecule has 1 unspecified atom stereocenters. The summed E-state index contributed by atoms with van der Waals surface area (Å²) in [6, 6.07) is 11.7. The Kier molecular flexibility index (Phi) is 4.15. The molecule has 0 aliphatic heterocycles. The fourth-order valence-corrected chi connectivity index (χ4v) is 2.44. The Bertz CT molecular complexity index is 516. The fraction of sp³-hybridized carbons (Fsp3) is 0.154. The first-order valence-electron chi connectivity index (χ1n) is 5.25. The Morgan fingerprint density at radius 1 is 1.29 bits per heavy atom. The second-order valence-corrected chi connectivity index (χ2v) is 4.94. The zero-order valence-electron chi connectivity index (χ0n) is 9.32. The third-order valence-electron chi connectivity index (χ3n) is 2.53. The molecule has 2 nitrogen and oxygen atoms in total. The highest BCUT2D eigenvalue weighted by Gasteiger charge is 2.16. The van der Waals surface area contributed by atoms with E-state index >= 15 is 0 Å². The van der Waals surface area contributed by atoms with Gasteiger partial charge in [0.25, 0.3) is 0 Å². The molecule has 0 fully saturated rings. The second kappa shape index (κ2) is 5.63. The van der Waals surface area contributed by atoms with Crippen molar-refractivity contribution in [2.75, 3.05) is 7.05 Å². The van der Waals surface area contributed by atoms with Gasteiger partial charge in [-0.2, -0.15) is 0 Å². The van der Waals surface area contributed by atoms with E-state index in [-0.39, 0.29) is 6.04 Å². The topological polar surface area (TPSA) is 24.9 Å². The van der Waals surface area contributed by atoms with Crippen LogP contribution < -0.4 is 5.32 Å². The van der Waals surface area contributed by atoms with Crippen molar-refractivity contribution < 1.29 is 0 Å². The molecule has 0 saturated carbocycles. The summed E-state index contributed by atoms with van der Waals surface area (Å²) in [6.07, 6.45) is 1.79. The normalized spacial score (nSPS) is 12.4. The van der Waals surface area contributed by atoms with Crippen molar-refractivity contribution in [3.63, 3.8) is 0 Å². The van der Waals surface area contributed by atoms with Gasteiger partial charge in [0.2, 0.25) is 0 Å². The van der Waals surface area contributed by atoms with Gasteiger partial charge in [-0.15, -0.1) is 0 Å². The van der Waals surface area contributed by atoms with Crippen LogP contribution >= 0.6 is 27.5 Å². The lowest BCUT2D eigenvalue weighted by Crippen LogP contribution is -2.19. The Hall–Kier alpha value is -0.900. The molecule has 1 atom stereocenters. The van der Waals surface area contributed by atoms with Gasteiger partial charge in [-0.05, 0) is 52.8 Å².